The van der Waals surface area contributed by atoms with Crippen molar-refractivity contribution in [2.24, 2.45) is 10.9 Å². The van der Waals surface area contributed by atoms with Crippen LogP contribution in [0.1, 0.15) is 19.4 Å². The number of benzene rings is 1. The third-order valence-electron chi connectivity index (χ3n) is 4.73. The first kappa shape index (κ1) is 20.9. The minimum absolute atomic E-state index is 0.142. The van der Waals surface area contributed by atoms with E-state index in [-0.39, 0.29) is 11.9 Å². The maximum atomic E-state index is 6.48. The van der Waals surface area contributed by atoms with Crippen molar-refractivity contribution in [2.45, 2.75) is 20.3 Å². The second kappa shape index (κ2) is 9.12. The molecule has 1 atom stereocenters. The summed E-state index contributed by atoms with van der Waals surface area (Å²) in [7, 11) is 0. The van der Waals surface area contributed by atoms with Gasteiger partial charge in [0, 0.05) is 35.1 Å². The Hall–Kier alpha value is -1.82. The quantitative estimate of drug-likeness (QED) is 0.643. The molecule has 0 spiro atoms. The largest absolute Gasteiger partial charge is 0.368 e. The van der Waals surface area contributed by atoms with E-state index >= 15 is 0 Å². The van der Waals surface area contributed by atoms with Gasteiger partial charge in [-0.2, -0.15) is 4.98 Å². The molecular formula is C20H22Cl3N5. The van der Waals surface area contributed by atoms with E-state index in [9.17, 15) is 0 Å². The summed E-state index contributed by atoms with van der Waals surface area (Å²) in [6.07, 6.45) is 0.804. The van der Waals surface area contributed by atoms with E-state index < -0.39 is 0 Å². The van der Waals surface area contributed by atoms with Gasteiger partial charge in [-0.15, -0.1) is 0 Å². The third kappa shape index (κ3) is 5.16. The van der Waals surface area contributed by atoms with E-state index in [2.05, 4.69) is 21.8 Å². The fourth-order valence-electron chi connectivity index (χ4n) is 3.08. The van der Waals surface area contributed by atoms with Crippen molar-refractivity contribution in [3.05, 3.63) is 56.7 Å². The van der Waals surface area contributed by atoms with Gasteiger partial charge in [-0.05, 0) is 36.6 Å². The van der Waals surface area contributed by atoms with Crippen molar-refractivity contribution in [1.29, 1.82) is 0 Å². The molecule has 2 aromatic rings. The fraction of sp³-hybridized carbons (Fsp3) is 0.350. The van der Waals surface area contributed by atoms with Crippen LogP contribution in [0.15, 0.2) is 45.9 Å². The highest BCUT2D eigenvalue weighted by Crippen LogP contribution is 2.26. The monoisotopic (exact) mass is 437 g/mol. The predicted molar refractivity (Wildman–Crippen MR) is 119 cm³/mol. The van der Waals surface area contributed by atoms with Crippen LogP contribution < -0.4 is 10.6 Å². The second-order valence-corrected chi connectivity index (χ2v) is 8.10. The van der Waals surface area contributed by atoms with Crippen molar-refractivity contribution >= 4 is 52.3 Å². The molecule has 148 valence electrons. The van der Waals surface area contributed by atoms with Gasteiger partial charge in [0.25, 0.3) is 0 Å². The molecule has 1 aliphatic rings. The molecule has 0 aliphatic carbocycles. The highest BCUT2D eigenvalue weighted by molar-refractivity contribution is 6.33. The van der Waals surface area contributed by atoms with E-state index in [1.54, 1.807) is 6.07 Å². The Morgan fingerprint density at radius 1 is 1.14 bits per heavy atom. The first-order valence-corrected chi connectivity index (χ1v) is 10.2. The number of hydrogen-bond donors (Lipinski definition) is 1. The molecular weight excluding hydrogens is 417 g/mol. The zero-order valence-electron chi connectivity index (χ0n) is 15.8. The molecule has 0 fully saturated rings. The van der Waals surface area contributed by atoms with Crippen LogP contribution in [-0.4, -0.2) is 35.3 Å². The fourth-order valence-corrected chi connectivity index (χ4v) is 3.57. The number of nitrogens with zero attached hydrogens (tertiary/aromatic N) is 4. The minimum Gasteiger partial charge on any atom is -0.368 e. The minimum atomic E-state index is 0.142. The number of hydrogen-bond acceptors (Lipinski definition) is 5. The van der Waals surface area contributed by atoms with Gasteiger partial charge < -0.3 is 10.6 Å². The number of nitrogen functional groups attached to an aromatic ring is 1. The number of halogens is 3. The Bertz CT molecular complexity index is 888. The van der Waals surface area contributed by atoms with Crippen LogP contribution in [0.5, 0.6) is 0 Å². The van der Waals surface area contributed by atoms with Crippen LogP contribution in [0.25, 0.3) is 0 Å². The number of aliphatic imine (C=N–C) groups is 1. The SMILES string of the molecule is CC1=C(Cl)C(C)CN=C1CN(CCc1ccc(Cl)cc1)c1cc(Cl)nc(N)n1. The summed E-state index contributed by atoms with van der Waals surface area (Å²) in [6, 6.07) is 9.53. The molecule has 1 aromatic heterocycles. The molecule has 1 unspecified atom stereocenters. The highest BCUT2D eigenvalue weighted by Gasteiger charge is 2.21. The van der Waals surface area contributed by atoms with Crippen molar-refractivity contribution in [1.82, 2.24) is 9.97 Å². The van der Waals surface area contributed by atoms with Crippen LogP contribution in [0, 0.1) is 5.92 Å². The van der Waals surface area contributed by atoms with Crippen LogP contribution in [-0.2, 0) is 6.42 Å². The van der Waals surface area contributed by atoms with Crippen molar-refractivity contribution < 1.29 is 0 Å². The van der Waals surface area contributed by atoms with Crippen LogP contribution in [0.4, 0.5) is 11.8 Å². The van der Waals surface area contributed by atoms with Gasteiger partial charge in [0.1, 0.15) is 11.0 Å². The molecule has 0 saturated heterocycles. The van der Waals surface area contributed by atoms with Gasteiger partial charge in [-0.3, -0.25) is 4.99 Å². The van der Waals surface area contributed by atoms with Crippen LogP contribution >= 0.6 is 34.8 Å². The number of anilines is 2. The first-order chi connectivity index (χ1) is 13.3. The maximum absolute atomic E-state index is 6.48. The molecule has 0 bridgehead atoms. The van der Waals surface area contributed by atoms with E-state index in [0.29, 0.717) is 30.6 Å². The first-order valence-electron chi connectivity index (χ1n) is 9.03. The topological polar surface area (TPSA) is 67.4 Å². The molecule has 1 aliphatic heterocycles. The van der Waals surface area contributed by atoms with Gasteiger partial charge in [0.15, 0.2) is 0 Å². The molecule has 1 aromatic carbocycles. The highest BCUT2D eigenvalue weighted by atomic mass is 35.5. The van der Waals surface area contributed by atoms with E-state index in [1.165, 1.54) is 5.56 Å². The zero-order chi connectivity index (χ0) is 20.3. The number of aromatic nitrogens is 2. The lowest BCUT2D eigenvalue weighted by Gasteiger charge is -2.28. The molecule has 8 heteroatoms. The Labute approximate surface area is 180 Å². The predicted octanol–water partition coefficient (Wildman–Crippen LogP) is 5.02. The van der Waals surface area contributed by atoms with E-state index in [1.807, 2.05) is 31.2 Å². The van der Waals surface area contributed by atoms with Crippen molar-refractivity contribution in [3.63, 3.8) is 0 Å². The lowest BCUT2D eigenvalue weighted by atomic mass is 10.0. The molecule has 0 saturated carbocycles. The molecule has 28 heavy (non-hydrogen) atoms. The summed E-state index contributed by atoms with van der Waals surface area (Å²) in [5.41, 5.74) is 8.96. The standard InChI is InChI=1S/C20H22Cl3N5/c1-12-10-25-16(13(2)19(12)23)11-28(18-9-17(22)26-20(24)27-18)8-7-14-3-5-15(21)6-4-14/h3-6,9,12H,7-8,10-11H2,1-2H3,(H2,24,26,27). The van der Waals surface area contributed by atoms with Crippen molar-refractivity contribution in [3.8, 4) is 0 Å². The van der Waals surface area contributed by atoms with Gasteiger partial charge in [-0.1, -0.05) is 53.9 Å². The average molecular weight is 439 g/mol. The Morgan fingerprint density at radius 2 is 1.86 bits per heavy atom. The maximum Gasteiger partial charge on any atom is 0.223 e. The summed E-state index contributed by atoms with van der Waals surface area (Å²) in [5, 5.41) is 1.89. The Morgan fingerprint density at radius 3 is 2.54 bits per heavy atom. The van der Waals surface area contributed by atoms with E-state index in [0.717, 1.165) is 27.8 Å². The number of rotatable bonds is 6. The molecule has 2 N–H and O–H groups in total. The molecule has 0 radical (unpaired) electrons. The Balaban J connectivity index is 1.85. The summed E-state index contributed by atoms with van der Waals surface area (Å²) in [5.74, 6) is 1.05. The van der Waals surface area contributed by atoms with Crippen LogP contribution in [0.3, 0.4) is 0 Å². The van der Waals surface area contributed by atoms with Crippen molar-refractivity contribution in [2.75, 3.05) is 30.3 Å². The van der Waals surface area contributed by atoms with Gasteiger partial charge in [0.2, 0.25) is 5.95 Å². The number of dihydropyridines is 1. The summed E-state index contributed by atoms with van der Waals surface area (Å²) < 4.78 is 0. The summed E-state index contributed by atoms with van der Waals surface area (Å²) >= 11 is 18.6. The Kier molecular flexibility index (Phi) is 6.81. The second-order valence-electron chi connectivity index (χ2n) is 6.87. The molecule has 3 rings (SSSR count). The third-order valence-corrected chi connectivity index (χ3v) is 5.83. The smallest absolute Gasteiger partial charge is 0.223 e. The van der Waals surface area contributed by atoms with Crippen LogP contribution in [0.2, 0.25) is 10.2 Å². The van der Waals surface area contributed by atoms with Gasteiger partial charge in [0.05, 0.1) is 12.3 Å². The van der Waals surface area contributed by atoms with Gasteiger partial charge >= 0.3 is 0 Å². The lowest BCUT2D eigenvalue weighted by Crippen LogP contribution is -2.35. The van der Waals surface area contributed by atoms with Gasteiger partial charge in [-0.25, -0.2) is 4.98 Å². The molecule has 0 amide bonds. The average Bonchev–Trinajstić information content (AvgIpc) is 2.65. The summed E-state index contributed by atoms with van der Waals surface area (Å²) in [4.78, 5) is 15.2. The summed E-state index contributed by atoms with van der Waals surface area (Å²) in [6.45, 7) is 6.04. The zero-order valence-corrected chi connectivity index (χ0v) is 18.1. The molecule has 5 nitrogen and oxygen atoms in total. The van der Waals surface area contributed by atoms with E-state index in [4.69, 9.17) is 45.5 Å². The molecule has 2 heterocycles. The lowest BCUT2D eigenvalue weighted by molar-refractivity contribution is 0.707. The number of nitrogens with two attached hydrogens (primary N) is 1. The normalized spacial score (nSPS) is 16.9.